The molecule has 0 saturated heterocycles. The van der Waals surface area contributed by atoms with Gasteiger partial charge in [0.2, 0.25) is 0 Å². The van der Waals surface area contributed by atoms with Crippen LogP contribution in [0.4, 0.5) is 0 Å². The SMILES string of the molecule is CN[C@H](CN(C)S(=O)(=O)c1cccs1)C(C)C. The highest BCUT2D eigenvalue weighted by Crippen LogP contribution is 2.20. The minimum absolute atomic E-state index is 0.162. The summed E-state index contributed by atoms with van der Waals surface area (Å²) in [6, 6.07) is 3.55. The van der Waals surface area contributed by atoms with Gasteiger partial charge in [-0.25, -0.2) is 8.42 Å². The molecule has 0 fully saturated rings. The predicted molar refractivity (Wildman–Crippen MR) is 71.8 cm³/mol. The molecule has 4 nitrogen and oxygen atoms in total. The molecular weight excluding hydrogens is 256 g/mol. The molecule has 1 N–H and O–H groups in total. The van der Waals surface area contributed by atoms with Gasteiger partial charge in [-0.3, -0.25) is 0 Å². The van der Waals surface area contributed by atoms with E-state index in [1.165, 1.54) is 15.6 Å². The third-order valence-electron chi connectivity index (χ3n) is 2.79. The van der Waals surface area contributed by atoms with Crippen LogP contribution in [0.15, 0.2) is 21.7 Å². The molecule has 1 rings (SSSR count). The van der Waals surface area contributed by atoms with Gasteiger partial charge in [0.25, 0.3) is 10.0 Å². The number of nitrogens with one attached hydrogen (secondary N) is 1. The Bertz CT molecular complexity index is 426. The second-order valence-electron chi connectivity index (χ2n) is 4.36. The van der Waals surface area contributed by atoms with E-state index in [-0.39, 0.29) is 6.04 Å². The molecule has 0 unspecified atom stereocenters. The van der Waals surface area contributed by atoms with Crippen molar-refractivity contribution >= 4 is 21.4 Å². The van der Waals surface area contributed by atoms with E-state index in [2.05, 4.69) is 19.2 Å². The van der Waals surface area contributed by atoms with Gasteiger partial charge in [-0.2, -0.15) is 4.31 Å². The normalized spacial score (nSPS) is 14.5. The Balaban J connectivity index is 2.80. The lowest BCUT2D eigenvalue weighted by molar-refractivity contribution is 0.345. The van der Waals surface area contributed by atoms with E-state index in [9.17, 15) is 8.42 Å². The van der Waals surface area contributed by atoms with Crippen molar-refractivity contribution < 1.29 is 8.42 Å². The minimum atomic E-state index is -3.32. The third-order valence-corrected chi connectivity index (χ3v) is 5.99. The minimum Gasteiger partial charge on any atom is -0.315 e. The van der Waals surface area contributed by atoms with E-state index in [0.29, 0.717) is 16.7 Å². The predicted octanol–water partition coefficient (Wildman–Crippen LogP) is 1.61. The van der Waals surface area contributed by atoms with E-state index in [1.807, 2.05) is 7.05 Å². The fourth-order valence-electron chi connectivity index (χ4n) is 1.57. The maximum absolute atomic E-state index is 12.2. The lowest BCUT2D eigenvalue weighted by Gasteiger charge is -2.25. The number of likely N-dealkylation sites (N-methyl/N-ethyl adjacent to an activating group) is 2. The zero-order chi connectivity index (χ0) is 13.1. The maximum atomic E-state index is 12.2. The summed E-state index contributed by atoms with van der Waals surface area (Å²) in [5, 5.41) is 4.92. The molecule has 1 aromatic heterocycles. The summed E-state index contributed by atoms with van der Waals surface area (Å²) in [6.45, 7) is 4.63. The number of sulfonamides is 1. The van der Waals surface area contributed by atoms with E-state index >= 15 is 0 Å². The van der Waals surface area contributed by atoms with Gasteiger partial charge in [0.15, 0.2) is 0 Å². The van der Waals surface area contributed by atoms with Crippen molar-refractivity contribution in [3.05, 3.63) is 17.5 Å². The van der Waals surface area contributed by atoms with Crippen molar-refractivity contribution in [2.75, 3.05) is 20.6 Å². The van der Waals surface area contributed by atoms with Gasteiger partial charge in [0.1, 0.15) is 4.21 Å². The van der Waals surface area contributed by atoms with Gasteiger partial charge in [0.05, 0.1) is 0 Å². The van der Waals surface area contributed by atoms with Crippen LogP contribution in [0.25, 0.3) is 0 Å². The summed E-state index contributed by atoms with van der Waals surface area (Å²) < 4.78 is 26.2. The zero-order valence-corrected chi connectivity index (χ0v) is 12.3. The van der Waals surface area contributed by atoms with Crippen molar-refractivity contribution in [1.82, 2.24) is 9.62 Å². The Morgan fingerprint density at radius 1 is 1.47 bits per heavy atom. The quantitative estimate of drug-likeness (QED) is 0.859. The first-order valence-electron chi connectivity index (χ1n) is 5.56. The molecule has 98 valence electrons. The second-order valence-corrected chi connectivity index (χ2v) is 7.58. The number of thiophene rings is 1. The summed E-state index contributed by atoms with van der Waals surface area (Å²) >= 11 is 1.25. The lowest BCUT2D eigenvalue weighted by atomic mass is 10.1. The summed E-state index contributed by atoms with van der Waals surface area (Å²) in [5.74, 6) is 0.390. The molecule has 0 bridgehead atoms. The molecule has 0 aliphatic carbocycles. The van der Waals surface area contributed by atoms with Crippen LogP contribution >= 0.6 is 11.3 Å². The van der Waals surface area contributed by atoms with Gasteiger partial charge >= 0.3 is 0 Å². The number of hydrogen-bond donors (Lipinski definition) is 1. The van der Waals surface area contributed by atoms with Gasteiger partial charge < -0.3 is 5.32 Å². The van der Waals surface area contributed by atoms with Crippen LogP contribution in [-0.4, -0.2) is 39.4 Å². The molecule has 1 aromatic rings. The van der Waals surface area contributed by atoms with Crippen LogP contribution in [0.3, 0.4) is 0 Å². The molecular formula is C11H20N2O2S2. The van der Waals surface area contributed by atoms with Crippen molar-refractivity contribution in [3.8, 4) is 0 Å². The fourth-order valence-corrected chi connectivity index (χ4v) is 3.97. The maximum Gasteiger partial charge on any atom is 0.252 e. The molecule has 0 aromatic carbocycles. The molecule has 1 atom stereocenters. The highest BCUT2D eigenvalue weighted by molar-refractivity contribution is 7.91. The van der Waals surface area contributed by atoms with Crippen LogP contribution in [0, 0.1) is 5.92 Å². The molecule has 0 aliphatic heterocycles. The van der Waals surface area contributed by atoms with Crippen molar-refractivity contribution in [2.24, 2.45) is 5.92 Å². The standard InChI is InChI=1S/C11H20N2O2S2/c1-9(2)10(12-3)8-13(4)17(14,15)11-6-5-7-16-11/h5-7,9-10,12H,8H2,1-4H3/t10-/m1/s1. The molecule has 1 heterocycles. The smallest absolute Gasteiger partial charge is 0.252 e. The van der Waals surface area contributed by atoms with Gasteiger partial charge in [-0.15, -0.1) is 11.3 Å². The van der Waals surface area contributed by atoms with E-state index < -0.39 is 10.0 Å². The average Bonchev–Trinajstić information content (AvgIpc) is 2.78. The zero-order valence-electron chi connectivity index (χ0n) is 10.7. The first-order chi connectivity index (χ1) is 7.89. The van der Waals surface area contributed by atoms with Crippen LogP contribution < -0.4 is 5.32 Å². The van der Waals surface area contributed by atoms with E-state index in [1.54, 1.807) is 24.6 Å². The first-order valence-corrected chi connectivity index (χ1v) is 7.88. The number of nitrogens with zero attached hydrogens (tertiary/aromatic N) is 1. The average molecular weight is 276 g/mol. The van der Waals surface area contributed by atoms with E-state index in [0.717, 1.165) is 0 Å². The number of rotatable bonds is 6. The summed E-state index contributed by atoms with van der Waals surface area (Å²) in [6.07, 6.45) is 0. The molecule has 17 heavy (non-hydrogen) atoms. The topological polar surface area (TPSA) is 49.4 Å². The van der Waals surface area contributed by atoms with Crippen LogP contribution in [0.1, 0.15) is 13.8 Å². The van der Waals surface area contributed by atoms with Crippen LogP contribution in [0.2, 0.25) is 0 Å². The van der Waals surface area contributed by atoms with Crippen molar-refractivity contribution in [2.45, 2.75) is 24.1 Å². The van der Waals surface area contributed by atoms with Gasteiger partial charge in [-0.05, 0) is 24.4 Å². The van der Waals surface area contributed by atoms with Gasteiger partial charge in [-0.1, -0.05) is 19.9 Å². The molecule has 0 amide bonds. The van der Waals surface area contributed by atoms with Gasteiger partial charge in [0, 0.05) is 19.6 Å². The monoisotopic (exact) mass is 276 g/mol. The second kappa shape index (κ2) is 5.95. The Kier molecular flexibility index (Phi) is 5.12. The Labute approximate surface area is 108 Å². The highest BCUT2D eigenvalue weighted by atomic mass is 32.2. The lowest BCUT2D eigenvalue weighted by Crippen LogP contribution is -2.43. The third kappa shape index (κ3) is 3.51. The number of hydrogen-bond acceptors (Lipinski definition) is 4. The summed E-state index contributed by atoms with van der Waals surface area (Å²) in [5.41, 5.74) is 0. The Morgan fingerprint density at radius 3 is 2.53 bits per heavy atom. The van der Waals surface area contributed by atoms with Crippen molar-refractivity contribution in [1.29, 1.82) is 0 Å². The highest BCUT2D eigenvalue weighted by Gasteiger charge is 2.25. The van der Waals surface area contributed by atoms with Crippen molar-refractivity contribution in [3.63, 3.8) is 0 Å². The Morgan fingerprint density at radius 2 is 2.12 bits per heavy atom. The van der Waals surface area contributed by atoms with E-state index in [4.69, 9.17) is 0 Å². The molecule has 0 saturated carbocycles. The molecule has 0 radical (unpaired) electrons. The molecule has 0 spiro atoms. The molecule has 6 heteroatoms. The molecule has 0 aliphatic rings. The summed E-state index contributed by atoms with van der Waals surface area (Å²) in [4.78, 5) is 0. The largest absolute Gasteiger partial charge is 0.315 e. The van der Waals surface area contributed by atoms with Crippen LogP contribution in [-0.2, 0) is 10.0 Å². The Hall–Kier alpha value is -0.430. The van der Waals surface area contributed by atoms with Crippen LogP contribution in [0.5, 0.6) is 0 Å². The fraction of sp³-hybridized carbons (Fsp3) is 0.636. The first kappa shape index (κ1) is 14.6. The summed E-state index contributed by atoms with van der Waals surface area (Å²) in [7, 11) is 0.162.